The molecule has 3 nitrogen and oxygen atoms in total. The maximum atomic E-state index is 13.6. The van der Waals surface area contributed by atoms with E-state index in [0.717, 1.165) is 11.5 Å². The van der Waals surface area contributed by atoms with E-state index in [2.05, 4.69) is 0 Å². The molecule has 4 heteroatoms. The second-order valence-electron chi connectivity index (χ2n) is 4.49. The molecule has 0 aliphatic heterocycles. The maximum Gasteiger partial charge on any atom is 0.129 e. The highest BCUT2D eigenvalue weighted by atomic mass is 19.1. The van der Waals surface area contributed by atoms with Crippen molar-refractivity contribution in [1.82, 2.24) is 4.90 Å². The zero-order valence-corrected chi connectivity index (χ0v) is 10.6. The van der Waals surface area contributed by atoms with Gasteiger partial charge in [0.05, 0.1) is 6.54 Å². The molecule has 0 fully saturated rings. The normalized spacial score (nSPS) is 11.1. The molecular formula is C14H17FN2O. The van der Waals surface area contributed by atoms with Gasteiger partial charge in [0, 0.05) is 17.8 Å². The summed E-state index contributed by atoms with van der Waals surface area (Å²) in [5, 5.41) is 0. The molecule has 0 amide bonds. The summed E-state index contributed by atoms with van der Waals surface area (Å²) in [6.07, 6.45) is 0. The molecule has 2 rings (SSSR count). The number of hydrogen-bond donors (Lipinski definition) is 1. The molecule has 0 aliphatic rings. The molecule has 0 radical (unpaired) electrons. The Morgan fingerprint density at radius 2 is 2.00 bits per heavy atom. The minimum Gasteiger partial charge on any atom is -0.465 e. The summed E-state index contributed by atoms with van der Waals surface area (Å²) >= 11 is 0. The van der Waals surface area contributed by atoms with E-state index in [1.165, 1.54) is 6.07 Å². The maximum absolute atomic E-state index is 13.6. The fraction of sp³-hybridized carbons (Fsp3) is 0.286. The van der Waals surface area contributed by atoms with E-state index < -0.39 is 0 Å². The van der Waals surface area contributed by atoms with Gasteiger partial charge in [0.2, 0.25) is 0 Å². The number of aryl methyl sites for hydroxylation is 1. The molecule has 2 aromatic rings. The van der Waals surface area contributed by atoms with Gasteiger partial charge in [-0.15, -0.1) is 0 Å². The molecule has 0 unspecified atom stereocenters. The van der Waals surface area contributed by atoms with Gasteiger partial charge in [-0.05, 0) is 38.2 Å². The molecular weight excluding hydrogens is 231 g/mol. The van der Waals surface area contributed by atoms with Gasteiger partial charge in [-0.1, -0.05) is 6.07 Å². The predicted molar refractivity (Wildman–Crippen MR) is 69.4 cm³/mol. The van der Waals surface area contributed by atoms with Crippen molar-refractivity contribution in [3.8, 4) is 0 Å². The largest absolute Gasteiger partial charge is 0.465 e. The van der Waals surface area contributed by atoms with Crippen LogP contribution in [0.2, 0.25) is 0 Å². The van der Waals surface area contributed by atoms with Gasteiger partial charge in [0.1, 0.15) is 17.3 Å². The Kier molecular flexibility index (Phi) is 3.67. The second kappa shape index (κ2) is 5.23. The average Bonchev–Trinajstić information content (AvgIpc) is 2.69. The third-order valence-corrected chi connectivity index (χ3v) is 2.80. The van der Waals surface area contributed by atoms with Gasteiger partial charge < -0.3 is 10.2 Å². The number of furan rings is 1. The summed E-state index contributed by atoms with van der Waals surface area (Å²) in [7, 11) is 1.91. The van der Waals surface area contributed by atoms with E-state index in [1.807, 2.05) is 31.0 Å². The van der Waals surface area contributed by atoms with Crippen molar-refractivity contribution in [2.24, 2.45) is 0 Å². The zero-order valence-electron chi connectivity index (χ0n) is 10.6. The minimum absolute atomic E-state index is 0.266. The SMILES string of the molecule is Cc1ccc(CN(C)Cc2c(N)cccc2F)o1. The first-order valence-electron chi connectivity index (χ1n) is 5.83. The number of nitrogen functional groups attached to an aromatic ring is 1. The predicted octanol–water partition coefficient (Wildman–Crippen LogP) is 2.94. The number of benzene rings is 1. The summed E-state index contributed by atoms with van der Waals surface area (Å²) in [5.41, 5.74) is 6.79. The molecule has 0 spiro atoms. The molecule has 1 aromatic carbocycles. The number of halogens is 1. The quantitative estimate of drug-likeness (QED) is 0.846. The van der Waals surface area contributed by atoms with Crippen molar-refractivity contribution in [3.05, 3.63) is 53.2 Å². The van der Waals surface area contributed by atoms with E-state index >= 15 is 0 Å². The average molecular weight is 248 g/mol. The fourth-order valence-electron chi connectivity index (χ4n) is 1.90. The molecule has 1 aromatic heterocycles. The first-order valence-corrected chi connectivity index (χ1v) is 5.83. The van der Waals surface area contributed by atoms with Crippen LogP contribution >= 0.6 is 0 Å². The highest BCUT2D eigenvalue weighted by molar-refractivity contribution is 5.47. The van der Waals surface area contributed by atoms with Crippen molar-refractivity contribution in [3.63, 3.8) is 0 Å². The van der Waals surface area contributed by atoms with Crippen LogP contribution in [0.15, 0.2) is 34.7 Å². The number of nitrogens with zero attached hydrogens (tertiary/aromatic N) is 1. The monoisotopic (exact) mass is 248 g/mol. The van der Waals surface area contributed by atoms with Crippen LogP contribution in [-0.2, 0) is 13.1 Å². The molecule has 2 N–H and O–H groups in total. The van der Waals surface area contributed by atoms with Crippen LogP contribution in [0, 0.1) is 12.7 Å². The third-order valence-electron chi connectivity index (χ3n) is 2.80. The summed E-state index contributed by atoms with van der Waals surface area (Å²) < 4.78 is 19.1. The lowest BCUT2D eigenvalue weighted by molar-refractivity contribution is 0.282. The number of anilines is 1. The lowest BCUT2D eigenvalue weighted by Crippen LogP contribution is -2.18. The lowest BCUT2D eigenvalue weighted by Gasteiger charge is -2.17. The van der Waals surface area contributed by atoms with Gasteiger partial charge in [0.25, 0.3) is 0 Å². The first kappa shape index (κ1) is 12.6. The Morgan fingerprint density at radius 3 is 2.61 bits per heavy atom. The van der Waals surface area contributed by atoms with Crippen LogP contribution in [0.4, 0.5) is 10.1 Å². The summed E-state index contributed by atoms with van der Waals surface area (Å²) in [6.45, 7) is 2.98. The Balaban J connectivity index is 2.05. The standard InChI is InChI=1S/C14H17FN2O/c1-10-6-7-11(18-10)8-17(2)9-12-13(15)4-3-5-14(12)16/h3-7H,8-9,16H2,1-2H3. The molecule has 18 heavy (non-hydrogen) atoms. The van der Waals surface area contributed by atoms with Crippen LogP contribution in [0.5, 0.6) is 0 Å². The van der Waals surface area contributed by atoms with E-state index in [9.17, 15) is 4.39 Å². The fourth-order valence-corrected chi connectivity index (χ4v) is 1.90. The lowest BCUT2D eigenvalue weighted by atomic mass is 10.1. The molecule has 96 valence electrons. The Morgan fingerprint density at radius 1 is 1.22 bits per heavy atom. The summed E-state index contributed by atoms with van der Waals surface area (Å²) in [4.78, 5) is 1.97. The molecule has 0 aliphatic carbocycles. The molecule has 1 heterocycles. The van der Waals surface area contributed by atoms with Crippen molar-refractivity contribution in [2.75, 3.05) is 12.8 Å². The number of rotatable bonds is 4. The van der Waals surface area contributed by atoms with E-state index in [0.29, 0.717) is 24.3 Å². The molecule has 0 atom stereocenters. The topological polar surface area (TPSA) is 42.4 Å². The van der Waals surface area contributed by atoms with Gasteiger partial charge in [0.15, 0.2) is 0 Å². The smallest absolute Gasteiger partial charge is 0.129 e. The Bertz CT molecular complexity index is 516. The number of nitrogens with two attached hydrogens (primary N) is 1. The Labute approximate surface area is 106 Å². The van der Waals surface area contributed by atoms with E-state index in [-0.39, 0.29) is 5.82 Å². The highest BCUT2D eigenvalue weighted by Crippen LogP contribution is 2.18. The van der Waals surface area contributed by atoms with Gasteiger partial charge in [-0.25, -0.2) is 4.39 Å². The van der Waals surface area contributed by atoms with Crippen molar-refractivity contribution in [2.45, 2.75) is 20.0 Å². The zero-order chi connectivity index (χ0) is 13.1. The highest BCUT2D eigenvalue weighted by Gasteiger charge is 2.10. The minimum atomic E-state index is -0.266. The van der Waals surface area contributed by atoms with Crippen molar-refractivity contribution < 1.29 is 8.81 Å². The second-order valence-corrected chi connectivity index (χ2v) is 4.49. The van der Waals surface area contributed by atoms with Gasteiger partial charge >= 0.3 is 0 Å². The van der Waals surface area contributed by atoms with Crippen LogP contribution in [0.25, 0.3) is 0 Å². The molecule has 0 saturated carbocycles. The summed E-state index contributed by atoms with van der Waals surface area (Å²) in [5.74, 6) is 1.48. The molecule has 0 bridgehead atoms. The Hall–Kier alpha value is -1.81. The first-order chi connectivity index (χ1) is 8.56. The molecule has 0 saturated heterocycles. The third kappa shape index (κ3) is 2.90. The van der Waals surface area contributed by atoms with Crippen LogP contribution in [0.1, 0.15) is 17.1 Å². The van der Waals surface area contributed by atoms with Crippen molar-refractivity contribution >= 4 is 5.69 Å². The van der Waals surface area contributed by atoms with Crippen molar-refractivity contribution in [1.29, 1.82) is 0 Å². The van der Waals surface area contributed by atoms with E-state index in [4.69, 9.17) is 10.2 Å². The van der Waals surface area contributed by atoms with Crippen LogP contribution < -0.4 is 5.73 Å². The van der Waals surface area contributed by atoms with Gasteiger partial charge in [-0.3, -0.25) is 4.90 Å². The summed E-state index contributed by atoms with van der Waals surface area (Å²) in [6, 6.07) is 8.60. The van der Waals surface area contributed by atoms with E-state index in [1.54, 1.807) is 12.1 Å². The van der Waals surface area contributed by atoms with Crippen LogP contribution in [0.3, 0.4) is 0 Å². The van der Waals surface area contributed by atoms with Crippen LogP contribution in [-0.4, -0.2) is 11.9 Å². The number of hydrogen-bond acceptors (Lipinski definition) is 3. The van der Waals surface area contributed by atoms with Gasteiger partial charge in [-0.2, -0.15) is 0 Å².